The van der Waals surface area contributed by atoms with Gasteiger partial charge in [0.2, 0.25) is 5.91 Å². The van der Waals surface area contributed by atoms with Gasteiger partial charge in [-0.2, -0.15) is 0 Å². The van der Waals surface area contributed by atoms with Crippen molar-refractivity contribution >= 4 is 5.91 Å². The minimum Gasteiger partial charge on any atom is -0.497 e. The Morgan fingerprint density at radius 1 is 1.12 bits per heavy atom. The van der Waals surface area contributed by atoms with Crippen molar-refractivity contribution in [2.45, 2.75) is 13.0 Å². The molecular formula is C18H19N5O2. The average molecular weight is 337 g/mol. The van der Waals surface area contributed by atoms with E-state index in [4.69, 9.17) is 4.74 Å². The van der Waals surface area contributed by atoms with Crippen LogP contribution in [0.4, 0.5) is 0 Å². The third kappa shape index (κ3) is 4.41. The van der Waals surface area contributed by atoms with Gasteiger partial charge in [0.15, 0.2) is 11.6 Å². The van der Waals surface area contributed by atoms with Gasteiger partial charge in [-0.1, -0.05) is 12.1 Å². The van der Waals surface area contributed by atoms with Crippen LogP contribution in [-0.4, -0.2) is 39.1 Å². The highest BCUT2D eigenvalue weighted by Crippen LogP contribution is 2.12. The number of carbonyl (C=O) groups excluding carboxylic acids is 1. The van der Waals surface area contributed by atoms with Gasteiger partial charge in [-0.3, -0.25) is 4.79 Å². The van der Waals surface area contributed by atoms with Crippen LogP contribution in [0.25, 0.3) is 11.6 Å². The second-order valence-electron chi connectivity index (χ2n) is 5.39. The van der Waals surface area contributed by atoms with E-state index in [0.717, 1.165) is 11.3 Å². The van der Waals surface area contributed by atoms with Gasteiger partial charge >= 0.3 is 0 Å². The molecule has 1 amide bonds. The molecule has 0 atom stereocenters. The van der Waals surface area contributed by atoms with Gasteiger partial charge < -0.3 is 14.6 Å². The Morgan fingerprint density at radius 2 is 1.88 bits per heavy atom. The minimum atomic E-state index is -0.0252. The number of aromatic nitrogens is 4. The van der Waals surface area contributed by atoms with E-state index in [0.29, 0.717) is 31.2 Å². The van der Waals surface area contributed by atoms with Gasteiger partial charge in [-0.05, 0) is 23.8 Å². The molecule has 7 nitrogen and oxygen atoms in total. The van der Waals surface area contributed by atoms with Crippen molar-refractivity contribution in [2.75, 3.05) is 13.7 Å². The largest absolute Gasteiger partial charge is 0.497 e. The molecule has 0 bridgehead atoms. The molecule has 0 unspecified atom stereocenters. The van der Waals surface area contributed by atoms with Gasteiger partial charge in [0.05, 0.1) is 13.5 Å². The lowest BCUT2D eigenvalue weighted by atomic mass is 10.1. The van der Waals surface area contributed by atoms with Crippen LogP contribution < -0.4 is 10.1 Å². The topological polar surface area (TPSA) is 81.9 Å². The van der Waals surface area contributed by atoms with Crippen LogP contribution in [0.3, 0.4) is 0 Å². The van der Waals surface area contributed by atoms with Gasteiger partial charge in [-0.15, -0.1) is 0 Å². The van der Waals surface area contributed by atoms with Crippen molar-refractivity contribution < 1.29 is 9.53 Å². The van der Waals surface area contributed by atoms with E-state index in [1.54, 1.807) is 31.8 Å². The Bertz CT molecular complexity index is 815. The summed E-state index contributed by atoms with van der Waals surface area (Å²) in [7, 11) is 1.62. The summed E-state index contributed by atoms with van der Waals surface area (Å²) < 4.78 is 7.03. The highest BCUT2D eigenvalue weighted by atomic mass is 16.5. The van der Waals surface area contributed by atoms with Crippen molar-refractivity contribution in [1.82, 2.24) is 24.8 Å². The molecule has 7 heteroatoms. The first-order valence-corrected chi connectivity index (χ1v) is 7.94. The van der Waals surface area contributed by atoms with Crippen LogP contribution >= 0.6 is 0 Å². The maximum Gasteiger partial charge on any atom is 0.224 e. The lowest BCUT2D eigenvalue weighted by molar-refractivity contribution is -0.120. The maximum atomic E-state index is 12.1. The number of nitrogens with zero attached hydrogens (tertiary/aromatic N) is 4. The summed E-state index contributed by atoms with van der Waals surface area (Å²) in [5, 5.41) is 2.92. The fourth-order valence-corrected chi connectivity index (χ4v) is 2.42. The number of amides is 1. The summed E-state index contributed by atoms with van der Waals surface area (Å²) in [5.41, 5.74) is 0.944. The molecule has 2 heterocycles. The minimum absolute atomic E-state index is 0.0252. The van der Waals surface area contributed by atoms with Crippen molar-refractivity contribution in [2.24, 2.45) is 0 Å². The van der Waals surface area contributed by atoms with E-state index in [1.807, 2.05) is 35.0 Å². The molecule has 0 aliphatic rings. The third-order valence-corrected chi connectivity index (χ3v) is 3.68. The number of ether oxygens (including phenoxy) is 1. The molecule has 3 rings (SSSR count). The van der Waals surface area contributed by atoms with E-state index in [-0.39, 0.29) is 5.91 Å². The van der Waals surface area contributed by atoms with E-state index in [2.05, 4.69) is 20.3 Å². The molecular weight excluding hydrogens is 318 g/mol. The SMILES string of the molecule is COc1ccc(CC(=O)NCCn2ccnc2-c2ncccn2)cc1. The average Bonchev–Trinajstić information content (AvgIpc) is 3.11. The molecule has 0 radical (unpaired) electrons. The van der Waals surface area contributed by atoms with Crippen LogP contribution in [0.1, 0.15) is 5.56 Å². The number of nitrogens with one attached hydrogen (secondary N) is 1. The number of methoxy groups -OCH3 is 1. The third-order valence-electron chi connectivity index (χ3n) is 3.68. The molecule has 2 aromatic heterocycles. The predicted molar refractivity (Wildman–Crippen MR) is 93.0 cm³/mol. The summed E-state index contributed by atoms with van der Waals surface area (Å²) in [6.45, 7) is 1.10. The first kappa shape index (κ1) is 16.6. The zero-order valence-electron chi connectivity index (χ0n) is 13.9. The monoisotopic (exact) mass is 337 g/mol. The highest BCUT2D eigenvalue weighted by Gasteiger charge is 2.09. The first-order chi connectivity index (χ1) is 12.3. The smallest absolute Gasteiger partial charge is 0.224 e. The summed E-state index contributed by atoms with van der Waals surface area (Å²) in [6.07, 6.45) is 7.24. The highest BCUT2D eigenvalue weighted by molar-refractivity contribution is 5.78. The maximum absolute atomic E-state index is 12.1. The van der Waals surface area contributed by atoms with Gasteiger partial charge in [0, 0.05) is 37.9 Å². The van der Waals surface area contributed by atoms with Crippen molar-refractivity contribution in [3.8, 4) is 17.4 Å². The summed E-state index contributed by atoms with van der Waals surface area (Å²) in [4.78, 5) is 24.7. The fourth-order valence-electron chi connectivity index (χ4n) is 2.42. The molecule has 0 aliphatic carbocycles. The van der Waals surface area contributed by atoms with Crippen molar-refractivity contribution in [3.05, 3.63) is 60.7 Å². The molecule has 0 saturated carbocycles. The van der Waals surface area contributed by atoms with E-state index in [1.165, 1.54) is 0 Å². The second-order valence-corrected chi connectivity index (χ2v) is 5.39. The van der Waals surface area contributed by atoms with Crippen LogP contribution in [0.15, 0.2) is 55.1 Å². The standard InChI is InChI=1S/C18H19N5O2/c1-25-15-5-3-14(4-6-15)13-16(24)19-9-11-23-12-10-22-18(23)17-20-7-2-8-21-17/h2-8,10,12H,9,11,13H2,1H3,(H,19,24). The Labute approximate surface area is 145 Å². The lowest BCUT2D eigenvalue weighted by Gasteiger charge is -2.09. The fraction of sp³-hybridized carbons (Fsp3) is 0.222. The van der Waals surface area contributed by atoms with Crippen molar-refractivity contribution in [3.63, 3.8) is 0 Å². The Balaban J connectivity index is 1.51. The molecule has 1 N–H and O–H groups in total. The number of imidazole rings is 1. The zero-order valence-corrected chi connectivity index (χ0v) is 13.9. The Kier molecular flexibility index (Phi) is 5.36. The predicted octanol–water partition coefficient (Wildman–Crippen LogP) is 1.71. The molecule has 3 aromatic rings. The van der Waals surface area contributed by atoms with Crippen molar-refractivity contribution in [1.29, 1.82) is 0 Å². The van der Waals surface area contributed by atoms with Crippen LogP contribution in [-0.2, 0) is 17.8 Å². The first-order valence-electron chi connectivity index (χ1n) is 7.94. The molecule has 0 saturated heterocycles. The molecule has 1 aromatic carbocycles. The second kappa shape index (κ2) is 8.05. The van der Waals surface area contributed by atoms with Gasteiger partial charge in [-0.25, -0.2) is 15.0 Å². The number of benzene rings is 1. The number of rotatable bonds is 7. The van der Waals surface area contributed by atoms with Crippen LogP contribution in [0, 0.1) is 0 Å². The van der Waals surface area contributed by atoms with Crippen LogP contribution in [0.2, 0.25) is 0 Å². The Morgan fingerprint density at radius 3 is 2.60 bits per heavy atom. The van der Waals surface area contributed by atoms with Gasteiger partial charge in [0.1, 0.15) is 5.75 Å². The number of carbonyl (C=O) groups is 1. The quantitative estimate of drug-likeness (QED) is 0.710. The van der Waals surface area contributed by atoms with E-state index < -0.39 is 0 Å². The normalized spacial score (nSPS) is 10.4. The van der Waals surface area contributed by atoms with E-state index in [9.17, 15) is 4.79 Å². The molecule has 0 fully saturated rings. The number of hydrogen-bond donors (Lipinski definition) is 1. The van der Waals surface area contributed by atoms with Crippen LogP contribution in [0.5, 0.6) is 5.75 Å². The molecule has 25 heavy (non-hydrogen) atoms. The zero-order chi connectivity index (χ0) is 17.5. The summed E-state index contributed by atoms with van der Waals surface area (Å²) in [6, 6.07) is 9.23. The van der Waals surface area contributed by atoms with E-state index >= 15 is 0 Å². The Hall–Kier alpha value is -3.22. The summed E-state index contributed by atoms with van der Waals surface area (Å²) in [5.74, 6) is 2.00. The molecule has 0 aliphatic heterocycles. The van der Waals surface area contributed by atoms with Gasteiger partial charge in [0.25, 0.3) is 0 Å². The number of hydrogen-bond acceptors (Lipinski definition) is 5. The molecule has 0 spiro atoms. The molecule has 128 valence electrons. The summed E-state index contributed by atoms with van der Waals surface area (Å²) >= 11 is 0. The lowest BCUT2D eigenvalue weighted by Crippen LogP contribution is -2.28.